The van der Waals surface area contributed by atoms with Crippen LogP contribution in [0.1, 0.15) is 19.4 Å². The van der Waals surface area contributed by atoms with Crippen molar-refractivity contribution < 1.29 is 22.4 Å². The lowest BCUT2D eigenvalue weighted by molar-refractivity contribution is -0.118. The standard InChI is InChI=1S/C16H20N2O5S/c1-12(2)23-15-5-3-14(4-6-15)18-24(20,21)11-16(19)17-9-13-7-8-22-10-13/h3-8,10,12,18H,9,11H2,1-2H3,(H,17,19). The molecule has 1 amide bonds. The van der Waals surface area contributed by atoms with E-state index in [4.69, 9.17) is 9.15 Å². The van der Waals surface area contributed by atoms with Gasteiger partial charge in [-0.15, -0.1) is 0 Å². The minimum Gasteiger partial charge on any atom is -0.491 e. The van der Waals surface area contributed by atoms with Gasteiger partial charge in [-0.25, -0.2) is 8.42 Å². The Labute approximate surface area is 141 Å². The van der Waals surface area contributed by atoms with Crippen LogP contribution in [0.4, 0.5) is 5.69 Å². The van der Waals surface area contributed by atoms with Gasteiger partial charge < -0.3 is 14.5 Å². The third-order valence-corrected chi connectivity index (χ3v) is 4.08. The van der Waals surface area contributed by atoms with Crippen molar-refractivity contribution in [1.82, 2.24) is 5.32 Å². The van der Waals surface area contributed by atoms with E-state index >= 15 is 0 Å². The molecule has 0 bridgehead atoms. The Hall–Kier alpha value is -2.48. The molecule has 130 valence electrons. The molecule has 0 spiro atoms. The molecule has 2 rings (SSSR count). The Bertz CT molecular complexity index is 752. The Morgan fingerprint density at radius 3 is 2.50 bits per heavy atom. The molecule has 24 heavy (non-hydrogen) atoms. The van der Waals surface area contributed by atoms with Gasteiger partial charge in [-0.1, -0.05) is 0 Å². The zero-order valence-corrected chi connectivity index (χ0v) is 14.3. The summed E-state index contributed by atoms with van der Waals surface area (Å²) in [5.41, 5.74) is 1.13. The molecule has 2 aromatic rings. The van der Waals surface area contributed by atoms with Gasteiger partial charge in [0.25, 0.3) is 0 Å². The number of ether oxygens (including phenoxy) is 1. The predicted octanol–water partition coefficient (Wildman–Crippen LogP) is 2.12. The second-order valence-electron chi connectivity index (χ2n) is 5.46. The summed E-state index contributed by atoms with van der Waals surface area (Å²) in [5.74, 6) is -0.607. The van der Waals surface area contributed by atoms with Crippen LogP contribution < -0.4 is 14.8 Å². The molecule has 7 nitrogen and oxygen atoms in total. The van der Waals surface area contributed by atoms with Crippen molar-refractivity contribution in [2.75, 3.05) is 10.5 Å². The first kappa shape index (κ1) is 17.9. The van der Waals surface area contributed by atoms with E-state index in [0.717, 1.165) is 5.56 Å². The second kappa shape index (κ2) is 7.87. The number of benzene rings is 1. The quantitative estimate of drug-likeness (QED) is 0.758. The lowest BCUT2D eigenvalue weighted by Crippen LogP contribution is -2.32. The fourth-order valence-electron chi connectivity index (χ4n) is 1.91. The minimum absolute atomic E-state index is 0.0338. The summed E-state index contributed by atoms with van der Waals surface area (Å²) in [5, 5.41) is 2.52. The molecule has 0 aliphatic carbocycles. The van der Waals surface area contributed by atoms with Crippen LogP contribution in [0.3, 0.4) is 0 Å². The summed E-state index contributed by atoms with van der Waals surface area (Å²) in [6.07, 6.45) is 2.99. The molecule has 0 aliphatic rings. The summed E-state index contributed by atoms with van der Waals surface area (Å²) in [7, 11) is -3.79. The van der Waals surface area contributed by atoms with E-state index in [1.807, 2.05) is 13.8 Å². The van der Waals surface area contributed by atoms with E-state index < -0.39 is 21.7 Å². The number of anilines is 1. The second-order valence-corrected chi connectivity index (χ2v) is 7.18. The van der Waals surface area contributed by atoms with Crippen LogP contribution in [0.2, 0.25) is 0 Å². The Kier molecular flexibility index (Phi) is 5.86. The van der Waals surface area contributed by atoms with Gasteiger partial charge in [0.15, 0.2) is 0 Å². The number of sulfonamides is 1. The highest BCUT2D eigenvalue weighted by Crippen LogP contribution is 2.17. The van der Waals surface area contributed by atoms with Crippen molar-refractivity contribution in [3.63, 3.8) is 0 Å². The van der Waals surface area contributed by atoms with E-state index in [-0.39, 0.29) is 12.6 Å². The topological polar surface area (TPSA) is 97.6 Å². The van der Waals surface area contributed by atoms with Crippen molar-refractivity contribution >= 4 is 21.6 Å². The first-order valence-electron chi connectivity index (χ1n) is 7.39. The Morgan fingerprint density at radius 2 is 1.92 bits per heavy atom. The van der Waals surface area contributed by atoms with Gasteiger partial charge in [0, 0.05) is 17.8 Å². The van der Waals surface area contributed by atoms with Gasteiger partial charge in [-0.2, -0.15) is 0 Å². The van der Waals surface area contributed by atoms with E-state index in [1.54, 1.807) is 30.3 Å². The lowest BCUT2D eigenvalue weighted by Gasteiger charge is -2.11. The number of nitrogens with one attached hydrogen (secondary N) is 2. The number of rotatable bonds is 8. The van der Waals surface area contributed by atoms with Crippen LogP contribution >= 0.6 is 0 Å². The fraction of sp³-hybridized carbons (Fsp3) is 0.312. The highest BCUT2D eigenvalue weighted by atomic mass is 32.2. The van der Waals surface area contributed by atoms with Gasteiger partial charge in [-0.3, -0.25) is 9.52 Å². The highest BCUT2D eigenvalue weighted by Gasteiger charge is 2.16. The lowest BCUT2D eigenvalue weighted by atomic mass is 10.3. The van der Waals surface area contributed by atoms with Crippen molar-refractivity contribution in [3.05, 3.63) is 48.4 Å². The first-order valence-corrected chi connectivity index (χ1v) is 9.04. The van der Waals surface area contributed by atoms with Crippen LogP contribution in [0.25, 0.3) is 0 Å². The largest absolute Gasteiger partial charge is 0.491 e. The molecule has 1 aromatic heterocycles. The van der Waals surface area contributed by atoms with E-state index in [1.165, 1.54) is 12.5 Å². The summed E-state index contributed by atoms with van der Waals surface area (Å²) < 4.78 is 36.7. The number of hydrogen-bond donors (Lipinski definition) is 2. The number of carbonyl (C=O) groups is 1. The molecule has 0 saturated heterocycles. The molecular formula is C16H20N2O5S. The number of carbonyl (C=O) groups excluding carboxylic acids is 1. The van der Waals surface area contributed by atoms with Crippen LogP contribution in [-0.2, 0) is 21.4 Å². The average Bonchev–Trinajstić information content (AvgIpc) is 2.99. The molecule has 2 N–H and O–H groups in total. The molecule has 0 fully saturated rings. The highest BCUT2D eigenvalue weighted by molar-refractivity contribution is 7.93. The zero-order valence-electron chi connectivity index (χ0n) is 13.5. The molecular weight excluding hydrogens is 332 g/mol. The number of hydrogen-bond acceptors (Lipinski definition) is 5. The van der Waals surface area contributed by atoms with Gasteiger partial charge in [-0.05, 0) is 44.2 Å². The molecule has 0 atom stereocenters. The average molecular weight is 352 g/mol. The summed E-state index contributed by atoms with van der Waals surface area (Å²) in [6, 6.07) is 8.18. The van der Waals surface area contributed by atoms with Gasteiger partial charge in [0.2, 0.25) is 15.9 Å². The molecule has 0 radical (unpaired) electrons. The van der Waals surface area contributed by atoms with E-state index in [0.29, 0.717) is 11.4 Å². The van der Waals surface area contributed by atoms with Crippen molar-refractivity contribution in [2.24, 2.45) is 0 Å². The summed E-state index contributed by atoms with van der Waals surface area (Å²) in [4.78, 5) is 11.7. The molecule has 8 heteroatoms. The molecule has 0 aliphatic heterocycles. The van der Waals surface area contributed by atoms with Crippen LogP contribution in [0, 0.1) is 0 Å². The van der Waals surface area contributed by atoms with Gasteiger partial charge in [0.1, 0.15) is 11.5 Å². The molecule has 1 heterocycles. The van der Waals surface area contributed by atoms with Gasteiger partial charge >= 0.3 is 0 Å². The number of furan rings is 1. The predicted molar refractivity (Wildman–Crippen MR) is 90.2 cm³/mol. The fourth-order valence-corrected chi connectivity index (χ4v) is 2.92. The maximum atomic E-state index is 12.0. The smallest absolute Gasteiger partial charge is 0.241 e. The third-order valence-electron chi connectivity index (χ3n) is 2.89. The first-order chi connectivity index (χ1) is 11.3. The Balaban J connectivity index is 1.87. The summed E-state index contributed by atoms with van der Waals surface area (Å²) in [6.45, 7) is 4.02. The molecule has 1 aromatic carbocycles. The van der Waals surface area contributed by atoms with Crippen LogP contribution in [-0.4, -0.2) is 26.2 Å². The minimum atomic E-state index is -3.79. The van der Waals surface area contributed by atoms with Crippen LogP contribution in [0.15, 0.2) is 47.3 Å². The number of amides is 1. The van der Waals surface area contributed by atoms with Crippen LogP contribution in [0.5, 0.6) is 5.75 Å². The summed E-state index contributed by atoms with van der Waals surface area (Å²) >= 11 is 0. The SMILES string of the molecule is CC(C)Oc1ccc(NS(=O)(=O)CC(=O)NCc2ccoc2)cc1. The van der Waals surface area contributed by atoms with Crippen molar-refractivity contribution in [3.8, 4) is 5.75 Å². The molecule has 0 saturated carbocycles. The van der Waals surface area contributed by atoms with Crippen molar-refractivity contribution in [1.29, 1.82) is 0 Å². The monoisotopic (exact) mass is 352 g/mol. The normalized spacial score (nSPS) is 11.3. The van der Waals surface area contributed by atoms with E-state index in [9.17, 15) is 13.2 Å². The Morgan fingerprint density at radius 1 is 1.21 bits per heavy atom. The van der Waals surface area contributed by atoms with Crippen molar-refractivity contribution in [2.45, 2.75) is 26.5 Å². The molecule has 0 unspecified atom stereocenters. The van der Waals surface area contributed by atoms with Gasteiger partial charge in [0.05, 0.1) is 18.6 Å². The van der Waals surface area contributed by atoms with E-state index in [2.05, 4.69) is 10.0 Å². The maximum Gasteiger partial charge on any atom is 0.241 e. The zero-order chi connectivity index (χ0) is 17.6. The third kappa shape index (κ3) is 5.96. The maximum absolute atomic E-state index is 12.0.